The molecule has 0 amide bonds. The van der Waals surface area contributed by atoms with Gasteiger partial charge in [-0.15, -0.1) is 11.3 Å². The Kier molecular flexibility index (Phi) is 4.23. The molecule has 1 atom stereocenters. The third-order valence-electron chi connectivity index (χ3n) is 4.05. The lowest BCUT2D eigenvalue weighted by Gasteiger charge is -2.32. The van der Waals surface area contributed by atoms with Gasteiger partial charge in [-0.1, -0.05) is 0 Å². The van der Waals surface area contributed by atoms with Crippen LogP contribution in [0, 0.1) is 0 Å². The molecule has 0 radical (unpaired) electrons. The number of rotatable bonds is 4. The standard InChI is InChI=1S/C13H20BNO4S/c1-12(2)13(3,4)19-14(18-12)9(6-11(16)17-5)10-7-20-8-15-10/h7-9H,6H2,1-5H3. The normalized spacial score (nSPS) is 21.8. The molecule has 110 valence electrons. The summed E-state index contributed by atoms with van der Waals surface area (Å²) in [5.41, 5.74) is 1.69. The Morgan fingerprint density at radius 2 is 2.00 bits per heavy atom. The molecule has 7 heteroatoms. The van der Waals surface area contributed by atoms with Crippen LogP contribution in [0.4, 0.5) is 0 Å². The van der Waals surface area contributed by atoms with Crippen molar-refractivity contribution in [3.8, 4) is 0 Å². The van der Waals surface area contributed by atoms with E-state index in [1.807, 2.05) is 33.1 Å². The molecule has 1 aliphatic rings. The first-order chi connectivity index (χ1) is 9.27. The molecule has 2 rings (SSSR count). The molecule has 1 aromatic heterocycles. The average Bonchev–Trinajstić information content (AvgIpc) is 2.93. The number of aromatic nitrogens is 1. The lowest BCUT2D eigenvalue weighted by Crippen LogP contribution is -2.41. The van der Waals surface area contributed by atoms with E-state index >= 15 is 0 Å². The van der Waals surface area contributed by atoms with Crippen LogP contribution in [0.25, 0.3) is 0 Å². The van der Waals surface area contributed by atoms with Gasteiger partial charge in [0.2, 0.25) is 0 Å². The number of esters is 1. The van der Waals surface area contributed by atoms with Crippen molar-refractivity contribution in [3.63, 3.8) is 0 Å². The fraction of sp³-hybridized carbons (Fsp3) is 0.692. The molecule has 0 saturated carbocycles. The van der Waals surface area contributed by atoms with Crippen LogP contribution in [0.3, 0.4) is 0 Å². The molecule has 1 fully saturated rings. The van der Waals surface area contributed by atoms with Gasteiger partial charge in [0.15, 0.2) is 0 Å². The summed E-state index contributed by atoms with van der Waals surface area (Å²) in [6.45, 7) is 7.96. The summed E-state index contributed by atoms with van der Waals surface area (Å²) in [6, 6.07) is 0. The maximum Gasteiger partial charge on any atom is 0.468 e. The highest BCUT2D eigenvalue weighted by molar-refractivity contribution is 7.07. The van der Waals surface area contributed by atoms with Crippen molar-refractivity contribution in [2.24, 2.45) is 0 Å². The largest absolute Gasteiger partial charge is 0.469 e. The Morgan fingerprint density at radius 1 is 1.40 bits per heavy atom. The Morgan fingerprint density at radius 3 is 2.45 bits per heavy atom. The van der Waals surface area contributed by atoms with Gasteiger partial charge in [-0.25, -0.2) is 4.98 Å². The molecular weight excluding hydrogens is 277 g/mol. The minimum absolute atomic E-state index is 0.192. The summed E-state index contributed by atoms with van der Waals surface area (Å²) in [4.78, 5) is 15.9. The van der Waals surface area contributed by atoms with Crippen LogP contribution in [0.5, 0.6) is 0 Å². The zero-order chi connectivity index (χ0) is 15.0. The van der Waals surface area contributed by atoms with Gasteiger partial charge < -0.3 is 14.0 Å². The minimum Gasteiger partial charge on any atom is -0.469 e. The van der Waals surface area contributed by atoms with Crippen molar-refractivity contribution in [2.45, 2.75) is 51.1 Å². The van der Waals surface area contributed by atoms with Gasteiger partial charge in [0.1, 0.15) is 0 Å². The summed E-state index contributed by atoms with van der Waals surface area (Å²) in [6.07, 6.45) is 0.192. The van der Waals surface area contributed by atoms with E-state index in [0.29, 0.717) is 0 Å². The van der Waals surface area contributed by atoms with Crippen LogP contribution in [0.1, 0.15) is 45.6 Å². The number of carbonyl (C=O) groups is 1. The second-order valence-corrected chi connectivity index (χ2v) is 6.64. The van der Waals surface area contributed by atoms with E-state index in [-0.39, 0.29) is 18.2 Å². The maximum absolute atomic E-state index is 11.6. The van der Waals surface area contributed by atoms with Crippen molar-refractivity contribution in [1.82, 2.24) is 4.98 Å². The Hall–Kier alpha value is -0.915. The van der Waals surface area contributed by atoms with Gasteiger partial charge in [-0.2, -0.15) is 0 Å². The topological polar surface area (TPSA) is 57.7 Å². The first-order valence-corrected chi connectivity index (χ1v) is 7.51. The van der Waals surface area contributed by atoms with Crippen molar-refractivity contribution < 1.29 is 18.8 Å². The van der Waals surface area contributed by atoms with Crippen LogP contribution in [0.15, 0.2) is 10.9 Å². The molecule has 20 heavy (non-hydrogen) atoms. The predicted octanol–water partition coefficient (Wildman–Crippen LogP) is 2.42. The number of nitrogens with zero attached hydrogens (tertiary/aromatic N) is 1. The van der Waals surface area contributed by atoms with Crippen LogP contribution in [0.2, 0.25) is 0 Å². The van der Waals surface area contributed by atoms with E-state index in [1.165, 1.54) is 18.4 Å². The SMILES string of the molecule is COC(=O)CC(B1OC(C)(C)C(C)(C)O1)c1cscn1. The Bertz CT molecular complexity index is 459. The van der Waals surface area contributed by atoms with Crippen molar-refractivity contribution in [1.29, 1.82) is 0 Å². The molecule has 0 N–H and O–H groups in total. The fourth-order valence-corrected chi connectivity index (χ4v) is 2.68. The monoisotopic (exact) mass is 297 g/mol. The highest BCUT2D eigenvalue weighted by Gasteiger charge is 2.54. The zero-order valence-electron chi connectivity index (χ0n) is 12.5. The maximum atomic E-state index is 11.6. The first-order valence-electron chi connectivity index (χ1n) is 6.57. The zero-order valence-corrected chi connectivity index (χ0v) is 13.3. The fourth-order valence-electron chi connectivity index (χ4n) is 2.06. The van der Waals surface area contributed by atoms with Crippen molar-refractivity contribution in [3.05, 3.63) is 16.6 Å². The first kappa shape index (κ1) is 15.5. The number of hydrogen-bond donors (Lipinski definition) is 0. The molecule has 2 heterocycles. The molecule has 0 aliphatic carbocycles. The lowest BCUT2D eigenvalue weighted by atomic mass is 9.68. The van der Waals surface area contributed by atoms with Gasteiger partial charge in [0.05, 0.1) is 35.9 Å². The van der Waals surface area contributed by atoms with Crippen molar-refractivity contribution >= 4 is 24.4 Å². The van der Waals surface area contributed by atoms with Crippen LogP contribution in [-0.4, -0.2) is 36.4 Å². The number of hydrogen-bond acceptors (Lipinski definition) is 6. The predicted molar refractivity (Wildman–Crippen MR) is 77.6 cm³/mol. The summed E-state index contributed by atoms with van der Waals surface area (Å²) in [7, 11) is 0.881. The molecule has 5 nitrogen and oxygen atoms in total. The number of ether oxygens (including phenoxy) is 1. The molecule has 1 aromatic rings. The molecular formula is C13H20BNO4S. The van der Waals surface area contributed by atoms with E-state index in [1.54, 1.807) is 5.51 Å². The van der Waals surface area contributed by atoms with Crippen LogP contribution < -0.4 is 0 Å². The summed E-state index contributed by atoms with van der Waals surface area (Å²) in [5.74, 6) is -0.549. The van der Waals surface area contributed by atoms with E-state index < -0.39 is 18.3 Å². The molecule has 1 saturated heterocycles. The third-order valence-corrected chi connectivity index (χ3v) is 4.65. The summed E-state index contributed by atoms with van der Waals surface area (Å²) in [5, 5.41) is 1.92. The Labute approximate surface area is 123 Å². The quantitative estimate of drug-likeness (QED) is 0.631. The molecule has 0 bridgehead atoms. The van der Waals surface area contributed by atoms with Crippen molar-refractivity contribution in [2.75, 3.05) is 7.11 Å². The van der Waals surface area contributed by atoms with Crippen LogP contribution in [-0.2, 0) is 18.8 Å². The second kappa shape index (κ2) is 5.46. The van der Waals surface area contributed by atoms with E-state index in [4.69, 9.17) is 14.0 Å². The van der Waals surface area contributed by atoms with E-state index in [0.717, 1.165) is 5.69 Å². The molecule has 1 unspecified atom stereocenters. The van der Waals surface area contributed by atoms with E-state index in [2.05, 4.69) is 4.98 Å². The number of carbonyl (C=O) groups excluding carboxylic acids is 1. The van der Waals surface area contributed by atoms with Gasteiger partial charge >= 0.3 is 13.1 Å². The number of thiazole rings is 1. The van der Waals surface area contributed by atoms with Gasteiger partial charge in [-0.05, 0) is 27.7 Å². The highest BCUT2D eigenvalue weighted by Crippen LogP contribution is 2.41. The Balaban J connectivity index is 2.23. The summed E-state index contributed by atoms with van der Waals surface area (Å²) >= 11 is 1.49. The molecule has 1 aliphatic heterocycles. The van der Waals surface area contributed by atoms with Crippen LogP contribution >= 0.6 is 11.3 Å². The van der Waals surface area contributed by atoms with Gasteiger partial charge in [-0.3, -0.25) is 4.79 Å². The van der Waals surface area contributed by atoms with Gasteiger partial charge in [0, 0.05) is 11.2 Å². The summed E-state index contributed by atoms with van der Waals surface area (Å²) < 4.78 is 16.8. The molecule has 0 spiro atoms. The second-order valence-electron chi connectivity index (χ2n) is 5.92. The third kappa shape index (κ3) is 2.89. The van der Waals surface area contributed by atoms with E-state index in [9.17, 15) is 4.79 Å². The number of methoxy groups -OCH3 is 1. The van der Waals surface area contributed by atoms with Gasteiger partial charge in [0.25, 0.3) is 0 Å². The highest BCUT2D eigenvalue weighted by atomic mass is 32.1. The average molecular weight is 297 g/mol. The lowest BCUT2D eigenvalue weighted by molar-refractivity contribution is -0.140. The minimum atomic E-state index is -0.499. The smallest absolute Gasteiger partial charge is 0.468 e. The molecule has 0 aromatic carbocycles.